The van der Waals surface area contributed by atoms with Crippen LogP contribution in [0.25, 0.3) is 0 Å². The monoisotopic (exact) mass is 239 g/mol. The van der Waals surface area contributed by atoms with Crippen LogP contribution in [0.4, 0.5) is 0 Å². The minimum absolute atomic E-state index is 0.904. The molecule has 0 aromatic rings. The summed E-state index contributed by atoms with van der Waals surface area (Å²) < 4.78 is 0. The van der Waals surface area contributed by atoms with Crippen LogP contribution in [0.5, 0.6) is 0 Å². The third-order valence-electron chi connectivity index (χ3n) is 4.41. The molecule has 0 spiro atoms. The fourth-order valence-electron chi connectivity index (χ4n) is 3.20. The molecular formula is C14H29N3. The van der Waals surface area contributed by atoms with E-state index in [2.05, 4.69) is 29.1 Å². The number of nitrogens with one attached hydrogen (secondary N) is 1. The summed E-state index contributed by atoms with van der Waals surface area (Å²) in [5.74, 6) is 1.87. The van der Waals surface area contributed by atoms with Crippen LogP contribution in [-0.4, -0.2) is 62.7 Å². The van der Waals surface area contributed by atoms with Crippen molar-refractivity contribution in [3.05, 3.63) is 0 Å². The molecule has 1 atom stereocenters. The van der Waals surface area contributed by atoms with E-state index in [-0.39, 0.29) is 0 Å². The smallest absolute Gasteiger partial charge is 0.00224 e. The molecular weight excluding hydrogens is 210 g/mol. The van der Waals surface area contributed by atoms with E-state index in [0.717, 1.165) is 18.4 Å². The Morgan fingerprint density at radius 3 is 2.47 bits per heavy atom. The second-order valence-corrected chi connectivity index (χ2v) is 5.97. The molecule has 3 heteroatoms. The quantitative estimate of drug-likeness (QED) is 0.779. The molecule has 0 saturated carbocycles. The lowest BCUT2D eigenvalue weighted by Gasteiger charge is -2.31. The van der Waals surface area contributed by atoms with E-state index in [1.165, 1.54) is 58.5 Å². The van der Waals surface area contributed by atoms with E-state index in [1.807, 2.05) is 0 Å². The topological polar surface area (TPSA) is 18.5 Å². The maximum absolute atomic E-state index is 3.49. The molecule has 2 aliphatic rings. The lowest BCUT2D eigenvalue weighted by atomic mass is 9.97. The van der Waals surface area contributed by atoms with Gasteiger partial charge in [-0.25, -0.2) is 0 Å². The summed E-state index contributed by atoms with van der Waals surface area (Å²) in [4.78, 5) is 5.17. The zero-order valence-corrected chi connectivity index (χ0v) is 11.6. The molecule has 2 fully saturated rings. The highest BCUT2D eigenvalue weighted by atomic mass is 15.2. The van der Waals surface area contributed by atoms with Crippen molar-refractivity contribution in [2.24, 2.45) is 11.8 Å². The Morgan fingerprint density at radius 1 is 1.06 bits per heavy atom. The van der Waals surface area contributed by atoms with Gasteiger partial charge in [-0.15, -0.1) is 0 Å². The first kappa shape index (κ1) is 13.3. The van der Waals surface area contributed by atoms with Gasteiger partial charge in [-0.2, -0.15) is 0 Å². The Bertz CT molecular complexity index is 212. The molecule has 0 aromatic heterocycles. The second-order valence-electron chi connectivity index (χ2n) is 5.97. The summed E-state index contributed by atoms with van der Waals surface area (Å²) >= 11 is 0. The number of likely N-dealkylation sites (tertiary alicyclic amines) is 2. The van der Waals surface area contributed by atoms with Crippen LogP contribution in [0.3, 0.4) is 0 Å². The van der Waals surface area contributed by atoms with Gasteiger partial charge in [0.15, 0.2) is 0 Å². The van der Waals surface area contributed by atoms with E-state index in [0.29, 0.717) is 0 Å². The van der Waals surface area contributed by atoms with Crippen LogP contribution in [0.1, 0.15) is 26.2 Å². The second kappa shape index (κ2) is 6.72. The van der Waals surface area contributed by atoms with Gasteiger partial charge in [0.25, 0.3) is 0 Å². The average Bonchev–Trinajstić information content (AvgIpc) is 2.77. The SMILES string of the molecule is CCNCC1CCN(CC2CCN(C)CC2)C1. The van der Waals surface area contributed by atoms with Crippen molar-refractivity contribution in [3.63, 3.8) is 0 Å². The van der Waals surface area contributed by atoms with E-state index >= 15 is 0 Å². The van der Waals surface area contributed by atoms with Crippen LogP contribution in [-0.2, 0) is 0 Å². The molecule has 0 aliphatic carbocycles. The van der Waals surface area contributed by atoms with Crippen molar-refractivity contribution in [1.82, 2.24) is 15.1 Å². The summed E-state index contributed by atoms with van der Waals surface area (Å²) in [5, 5.41) is 3.49. The Balaban J connectivity index is 1.64. The highest BCUT2D eigenvalue weighted by Crippen LogP contribution is 2.21. The molecule has 0 amide bonds. The minimum atomic E-state index is 0.904. The maximum Gasteiger partial charge on any atom is 0.00224 e. The van der Waals surface area contributed by atoms with Crippen LogP contribution >= 0.6 is 0 Å². The van der Waals surface area contributed by atoms with Gasteiger partial charge in [-0.3, -0.25) is 0 Å². The fourth-order valence-corrected chi connectivity index (χ4v) is 3.20. The number of piperidine rings is 1. The highest BCUT2D eigenvalue weighted by Gasteiger charge is 2.25. The van der Waals surface area contributed by atoms with Crippen LogP contribution < -0.4 is 5.32 Å². The first-order chi connectivity index (χ1) is 8.28. The summed E-state index contributed by atoms with van der Waals surface area (Å²) in [7, 11) is 2.25. The molecule has 1 N–H and O–H groups in total. The number of rotatable bonds is 5. The lowest BCUT2D eigenvalue weighted by molar-refractivity contribution is 0.173. The van der Waals surface area contributed by atoms with Crippen molar-refractivity contribution in [3.8, 4) is 0 Å². The third-order valence-corrected chi connectivity index (χ3v) is 4.41. The molecule has 2 saturated heterocycles. The molecule has 3 nitrogen and oxygen atoms in total. The average molecular weight is 239 g/mol. The van der Waals surface area contributed by atoms with E-state index in [4.69, 9.17) is 0 Å². The third kappa shape index (κ3) is 4.23. The Kier molecular flexibility index (Phi) is 5.26. The van der Waals surface area contributed by atoms with Crippen LogP contribution in [0.2, 0.25) is 0 Å². The maximum atomic E-state index is 3.49. The van der Waals surface area contributed by atoms with Crippen molar-refractivity contribution in [1.29, 1.82) is 0 Å². The first-order valence-corrected chi connectivity index (χ1v) is 7.39. The number of hydrogen-bond donors (Lipinski definition) is 1. The standard InChI is InChI=1S/C14H29N3/c1-3-15-10-14-6-9-17(12-14)11-13-4-7-16(2)8-5-13/h13-15H,3-12H2,1-2H3. The van der Waals surface area contributed by atoms with Crippen molar-refractivity contribution >= 4 is 0 Å². The van der Waals surface area contributed by atoms with Gasteiger partial charge in [0, 0.05) is 13.1 Å². The zero-order valence-electron chi connectivity index (χ0n) is 11.6. The van der Waals surface area contributed by atoms with Gasteiger partial charge >= 0.3 is 0 Å². The number of nitrogens with zero attached hydrogens (tertiary/aromatic N) is 2. The van der Waals surface area contributed by atoms with Gasteiger partial charge in [-0.05, 0) is 70.9 Å². The van der Waals surface area contributed by atoms with Gasteiger partial charge in [0.05, 0.1) is 0 Å². The summed E-state index contributed by atoms with van der Waals surface area (Å²) in [6, 6.07) is 0. The molecule has 100 valence electrons. The summed E-state index contributed by atoms with van der Waals surface area (Å²) in [5.41, 5.74) is 0. The highest BCUT2D eigenvalue weighted by molar-refractivity contribution is 4.80. The zero-order chi connectivity index (χ0) is 12.1. The summed E-state index contributed by atoms with van der Waals surface area (Å²) in [6.07, 6.45) is 4.22. The van der Waals surface area contributed by atoms with Gasteiger partial charge in [0.2, 0.25) is 0 Å². The van der Waals surface area contributed by atoms with E-state index < -0.39 is 0 Å². The number of hydrogen-bond acceptors (Lipinski definition) is 3. The Morgan fingerprint density at radius 2 is 1.76 bits per heavy atom. The van der Waals surface area contributed by atoms with Crippen LogP contribution in [0, 0.1) is 11.8 Å². The van der Waals surface area contributed by atoms with Gasteiger partial charge in [0.1, 0.15) is 0 Å². The normalized spacial score (nSPS) is 28.9. The molecule has 2 rings (SSSR count). The first-order valence-electron chi connectivity index (χ1n) is 7.39. The van der Waals surface area contributed by atoms with Gasteiger partial charge in [-0.1, -0.05) is 6.92 Å². The van der Waals surface area contributed by atoms with Crippen LogP contribution in [0.15, 0.2) is 0 Å². The van der Waals surface area contributed by atoms with Crippen molar-refractivity contribution in [2.45, 2.75) is 26.2 Å². The largest absolute Gasteiger partial charge is 0.317 e. The predicted molar refractivity (Wildman–Crippen MR) is 73.3 cm³/mol. The molecule has 0 radical (unpaired) electrons. The molecule has 2 aliphatic heterocycles. The lowest BCUT2D eigenvalue weighted by Crippen LogP contribution is -2.36. The minimum Gasteiger partial charge on any atom is -0.317 e. The predicted octanol–water partition coefficient (Wildman–Crippen LogP) is 1.26. The fraction of sp³-hybridized carbons (Fsp3) is 1.00. The molecule has 1 unspecified atom stereocenters. The molecule has 0 bridgehead atoms. The van der Waals surface area contributed by atoms with E-state index in [1.54, 1.807) is 0 Å². The molecule has 17 heavy (non-hydrogen) atoms. The van der Waals surface area contributed by atoms with Crippen molar-refractivity contribution in [2.75, 3.05) is 52.9 Å². The van der Waals surface area contributed by atoms with E-state index in [9.17, 15) is 0 Å². The Hall–Kier alpha value is -0.120. The van der Waals surface area contributed by atoms with Gasteiger partial charge < -0.3 is 15.1 Å². The molecule has 0 aromatic carbocycles. The Labute approximate surface area is 107 Å². The summed E-state index contributed by atoms with van der Waals surface area (Å²) in [6.45, 7) is 11.2. The molecule has 2 heterocycles. The van der Waals surface area contributed by atoms with Crippen molar-refractivity contribution < 1.29 is 0 Å².